The Hall–Kier alpha value is -1.01. The van der Waals surface area contributed by atoms with Gasteiger partial charge in [0.1, 0.15) is 0 Å². The quantitative estimate of drug-likeness (QED) is 0.625. The molecule has 2 heterocycles. The SMILES string of the molecule is O[C@H]1CCCN(Cc2nn[nH]n2)C1. The van der Waals surface area contributed by atoms with E-state index in [9.17, 15) is 5.11 Å². The van der Waals surface area contributed by atoms with Crippen LogP contribution < -0.4 is 0 Å². The second kappa shape index (κ2) is 3.80. The molecule has 0 saturated carbocycles. The Labute approximate surface area is 75.9 Å². The topological polar surface area (TPSA) is 77.9 Å². The maximum absolute atomic E-state index is 9.40. The maximum Gasteiger partial charge on any atom is 0.188 e. The van der Waals surface area contributed by atoms with Crippen molar-refractivity contribution in [3.8, 4) is 0 Å². The van der Waals surface area contributed by atoms with Gasteiger partial charge in [-0.25, -0.2) is 0 Å². The van der Waals surface area contributed by atoms with Gasteiger partial charge in [-0.3, -0.25) is 4.90 Å². The molecule has 0 radical (unpaired) electrons. The summed E-state index contributed by atoms with van der Waals surface area (Å²) >= 11 is 0. The largest absolute Gasteiger partial charge is 0.392 e. The van der Waals surface area contributed by atoms with Gasteiger partial charge in [-0.15, -0.1) is 10.2 Å². The zero-order chi connectivity index (χ0) is 9.10. The summed E-state index contributed by atoms with van der Waals surface area (Å²) in [6.07, 6.45) is 1.75. The van der Waals surface area contributed by atoms with Crippen molar-refractivity contribution in [3.05, 3.63) is 5.82 Å². The summed E-state index contributed by atoms with van der Waals surface area (Å²) in [4.78, 5) is 2.14. The second-order valence-electron chi connectivity index (χ2n) is 3.36. The van der Waals surface area contributed by atoms with Crippen LogP contribution in [0.1, 0.15) is 18.7 Å². The van der Waals surface area contributed by atoms with Crippen molar-refractivity contribution in [1.29, 1.82) is 0 Å². The number of aliphatic hydroxyl groups is 1. The first-order valence-electron chi connectivity index (χ1n) is 4.47. The van der Waals surface area contributed by atoms with Crippen molar-refractivity contribution in [2.75, 3.05) is 13.1 Å². The Bertz CT molecular complexity index is 249. The van der Waals surface area contributed by atoms with Crippen molar-refractivity contribution in [2.24, 2.45) is 0 Å². The first-order chi connectivity index (χ1) is 6.34. The monoisotopic (exact) mass is 183 g/mol. The van der Waals surface area contributed by atoms with E-state index < -0.39 is 0 Å². The number of hydrogen-bond donors (Lipinski definition) is 2. The van der Waals surface area contributed by atoms with E-state index in [0.717, 1.165) is 19.4 Å². The van der Waals surface area contributed by atoms with Crippen LogP contribution in [0, 0.1) is 0 Å². The summed E-state index contributed by atoms with van der Waals surface area (Å²) in [5.41, 5.74) is 0. The van der Waals surface area contributed by atoms with Gasteiger partial charge in [-0.2, -0.15) is 5.21 Å². The van der Waals surface area contributed by atoms with Crippen LogP contribution in [0.15, 0.2) is 0 Å². The molecule has 1 aliphatic heterocycles. The van der Waals surface area contributed by atoms with Gasteiger partial charge in [-0.05, 0) is 19.4 Å². The minimum absolute atomic E-state index is 0.194. The first kappa shape index (κ1) is 8.58. The molecule has 0 bridgehead atoms. The lowest BCUT2D eigenvalue weighted by atomic mass is 10.1. The van der Waals surface area contributed by atoms with Crippen LogP contribution in [-0.2, 0) is 6.54 Å². The number of likely N-dealkylation sites (tertiary alicyclic amines) is 1. The summed E-state index contributed by atoms with van der Waals surface area (Å²) in [5, 5.41) is 23.0. The lowest BCUT2D eigenvalue weighted by Crippen LogP contribution is -2.37. The number of aromatic amines is 1. The molecular weight excluding hydrogens is 170 g/mol. The lowest BCUT2D eigenvalue weighted by Gasteiger charge is -2.28. The molecule has 6 nitrogen and oxygen atoms in total. The van der Waals surface area contributed by atoms with Gasteiger partial charge in [0.05, 0.1) is 12.6 Å². The molecule has 1 aromatic rings. The number of tetrazole rings is 1. The van der Waals surface area contributed by atoms with E-state index in [1.54, 1.807) is 0 Å². The van der Waals surface area contributed by atoms with E-state index in [-0.39, 0.29) is 6.10 Å². The highest BCUT2D eigenvalue weighted by atomic mass is 16.3. The van der Waals surface area contributed by atoms with Crippen LogP contribution in [0.25, 0.3) is 0 Å². The number of aliphatic hydroxyl groups excluding tert-OH is 1. The molecule has 0 spiro atoms. The van der Waals surface area contributed by atoms with Gasteiger partial charge < -0.3 is 5.11 Å². The molecular formula is C7H13N5O. The molecule has 2 N–H and O–H groups in total. The highest BCUT2D eigenvalue weighted by Gasteiger charge is 2.18. The van der Waals surface area contributed by atoms with Crippen molar-refractivity contribution < 1.29 is 5.11 Å². The van der Waals surface area contributed by atoms with Gasteiger partial charge in [0.15, 0.2) is 5.82 Å². The predicted octanol–water partition coefficient (Wildman–Crippen LogP) is -0.844. The predicted molar refractivity (Wildman–Crippen MR) is 44.7 cm³/mol. The number of β-amino-alcohol motifs (C(OH)–C–C–N with tert-alkyl or cyclic N) is 1. The van der Waals surface area contributed by atoms with Gasteiger partial charge >= 0.3 is 0 Å². The molecule has 1 aromatic heterocycles. The Morgan fingerprint density at radius 1 is 1.62 bits per heavy atom. The number of piperidine rings is 1. The fourth-order valence-electron chi connectivity index (χ4n) is 1.62. The fourth-order valence-corrected chi connectivity index (χ4v) is 1.62. The Balaban J connectivity index is 1.87. The van der Waals surface area contributed by atoms with E-state index in [0.29, 0.717) is 18.9 Å². The Morgan fingerprint density at radius 3 is 3.23 bits per heavy atom. The zero-order valence-corrected chi connectivity index (χ0v) is 7.35. The third-order valence-corrected chi connectivity index (χ3v) is 2.23. The van der Waals surface area contributed by atoms with E-state index in [4.69, 9.17) is 0 Å². The number of hydrogen-bond acceptors (Lipinski definition) is 5. The lowest BCUT2D eigenvalue weighted by molar-refractivity contribution is 0.0655. The number of nitrogens with zero attached hydrogens (tertiary/aromatic N) is 4. The van der Waals surface area contributed by atoms with Crippen LogP contribution in [0.2, 0.25) is 0 Å². The zero-order valence-electron chi connectivity index (χ0n) is 7.35. The summed E-state index contributed by atoms with van der Waals surface area (Å²) < 4.78 is 0. The molecule has 1 fully saturated rings. The second-order valence-corrected chi connectivity index (χ2v) is 3.36. The molecule has 0 aliphatic carbocycles. The molecule has 6 heteroatoms. The van der Waals surface area contributed by atoms with Crippen molar-refractivity contribution in [2.45, 2.75) is 25.5 Å². The van der Waals surface area contributed by atoms with Crippen molar-refractivity contribution >= 4 is 0 Å². The van der Waals surface area contributed by atoms with E-state index in [2.05, 4.69) is 25.5 Å². The third kappa shape index (κ3) is 2.22. The molecule has 1 saturated heterocycles. The molecule has 1 atom stereocenters. The summed E-state index contributed by atoms with van der Waals surface area (Å²) in [6.45, 7) is 2.40. The van der Waals surface area contributed by atoms with E-state index in [1.807, 2.05) is 0 Å². The van der Waals surface area contributed by atoms with Crippen molar-refractivity contribution in [1.82, 2.24) is 25.5 Å². The minimum atomic E-state index is -0.194. The highest BCUT2D eigenvalue weighted by Crippen LogP contribution is 2.10. The van der Waals surface area contributed by atoms with Gasteiger partial charge in [0.25, 0.3) is 0 Å². The van der Waals surface area contributed by atoms with Gasteiger partial charge in [0.2, 0.25) is 0 Å². The average Bonchev–Trinajstić information content (AvgIpc) is 2.57. The van der Waals surface area contributed by atoms with Crippen molar-refractivity contribution in [3.63, 3.8) is 0 Å². The third-order valence-electron chi connectivity index (χ3n) is 2.23. The van der Waals surface area contributed by atoms with Crippen LogP contribution >= 0.6 is 0 Å². The summed E-state index contributed by atoms with van der Waals surface area (Å²) in [5.74, 6) is 0.689. The number of nitrogens with one attached hydrogen (secondary N) is 1. The standard InChI is InChI=1S/C7H13N5O/c13-6-2-1-3-12(4-6)5-7-8-10-11-9-7/h6,13H,1-5H2,(H,8,9,10,11)/t6-/m0/s1. The molecule has 2 rings (SSSR count). The van der Waals surface area contributed by atoms with Crippen LogP contribution in [-0.4, -0.2) is 49.8 Å². The van der Waals surface area contributed by atoms with Crippen LogP contribution in [0.3, 0.4) is 0 Å². The molecule has 0 aromatic carbocycles. The summed E-state index contributed by atoms with van der Waals surface area (Å²) in [6, 6.07) is 0. The Morgan fingerprint density at radius 2 is 2.54 bits per heavy atom. The number of rotatable bonds is 2. The summed E-state index contributed by atoms with van der Waals surface area (Å²) in [7, 11) is 0. The Kier molecular flexibility index (Phi) is 2.51. The maximum atomic E-state index is 9.40. The first-order valence-corrected chi connectivity index (χ1v) is 4.47. The molecule has 0 unspecified atom stereocenters. The molecule has 1 aliphatic rings. The average molecular weight is 183 g/mol. The molecule has 13 heavy (non-hydrogen) atoms. The number of aromatic nitrogens is 4. The fraction of sp³-hybridized carbons (Fsp3) is 0.857. The smallest absolute Gasteiger partial charge is 0.188 e. The number of H-pyrrole nitrogens is 1. The minimum Gasteiger partial charge on any atom is -0.392 e. The van der Waals surface area contributed by atoms with E-state index >= 15 is 0 Å². The molecule has 72 valence electrons. The van der Waals surface area contributed by atoms with Crippen LogP contribution in [0.5, 0.6) is 0 Å². The molecule has 0 amide bonds. The van der Waals surface area contributed by atoms with Gasteiger partial charge in [0, 0.05) is 6.54 Å². The van der Waals surface area contributed by atoms with Gasteiger partial charge in [-0.1, -0.05) is 5.21 Å². The van der Waals surface area contributed by atoms with E-state index in [1.165, 1.54) is 0 Å². The van der Waals surface area contributed by atoms with Crippen LogP contribution in [0.4, 0.5) is 0 Å². The highest BCUT2D eigenvalue weighted by molar-refractivity contribution is 4.80. The normalized spacial score (nSPS) is 24.8.